The smallest absolute Gasteiger partial charge is 0.252 e. The predicted molar refractivity (Wildman–Crippen MR) is 339 cm³/mol. The van der Waals surface area contributed by atoms with Gasteiger partial charge in [-0.05, 0) is 172 Å². The van der Waals surface area contributed by atoms with Crippen molar-refractivity contribution in [2.75, 3.05) is 14.7 Å². The number of rotatable bonds is 3. The van der Waals surface area contributed by atoms with E-state index < -0.39 is 0 Å². The second kappa shape index (κ2) is 15.8. The van der Waals surface area contributed by atoms with E-state index in [1.165, 1.54) is 135 Å². The molecule has 0 N–H and O–H groups in total. The third-order valence-corrected chi connectivity index (χ3v) is 23.0. The number of para-hydroxylation sites is 3. The SMILES string of the molecule is Cc1cc2c(cc1N1c3cc(N4c5ccccc5C5(C)CCCCC45C)cc4c3B(c3cc5c(cc3N4c3cccc4c3oc3ccccc34)C(C)(C)CCC5(C)C)c3ccc4c(sc5ccccc54)c31)C(C)(C)CCC2(C)C. The van der Waals surface area contributed by atoms with Crippen LogP contribution in [0.2, 0.25) is 0 Å². The number of nitrogens with zero attached hydrogens (tertiary/aromatic N) is 3. The molecule has 8 aromatic carbocycles. The normalized spacial score (nSPS) is 22.6. The number of benzene rings is 8. The number of anilines is 8. The molecule has 0 bridgehead atoms. The molecule has 5 heterocycles. The van der Waals surface area contributed by atoms with Gasteiger partial charge < -0.3 is 19.1 Å². The molecule has 3 aliphatic heterocycles. The van der Waals surface area contributed by atoms with Crippen LogP contribution in [0.4, 0.5) is 45.5 Å². The first-order valence-corrected chi connectivity index (χ1v) is 30.5. The van der Waals surface area contributed by atoms with Gasteiger partial charge in [-0.1, -0.05) is 166 Å². The topological polar surface area (TPSA) is 22.9 Å². The Balaban J connectivity index is 1.10. The van der Waals surface area contributed by atoms with Gasteiger partial charge in [-0.3, -0.25) is 0 Å². The van der Waals surface area contributed by atoms with Crippen molar-refractivity contribution >= 4 is 122 Å². The third-order valence-electron chi connectivity index (χ3n) is 21.8. The second-order valence-electron chi connectivity index (χ2n) is 28.1. The zero-order chi connectivity index (χ0) is 54.1. The average Bonchev–Trinajstić information content (AvgIpc) is 4.02. The maximum Gasteiger partial charge on any atom is 0.252 e. The van der Waals surface area contributed by atoms with Crippen LogP contribution in [0.1, 0.15) is 154 Å². The molecule has 394 valence electrons. The van der Waals surface area contributed by atoms with E-state index in [4.69, 9.17) is 4.42 Å². The lowest BCUT2D eigenvalue weighted by atomic mass is 9.33. The Bertz CT molecular complexity index is 4320. The molecule has 6 heteroatoms. The van der Waals surface area contributed by atoms with Crippen molar-refractivity contribution in [3.8, 4) is 0 Å². The van der Waals surface area contributed by atoms with Gasteiger partial charge in [0.1, 0.15) is 5.58 Å². The van der Waals surface area contributed by atoms with E-state index in [9.17, 15) is 0 Å². The molecule has 0 saturated heterocycles. The minimum Gasteiger partial charge on any atom is -0.454 e. The summed E-state index contributed by atoms with van der Waals surface area (Å²) in [6, 6.07) is 55.1. The molecule has 0 radical (unpaired) electrons. The molecule has 0 spiro atoms. The molecule has 2 aromatic heterocycles. The van der Waals surface area contributed by atoms with Crippen molar-refractivity contribution < 1.29 is 4.42 Å². The highest BCUT2D eigenvalue weighted by Crippen LogP contribution is 2.63. The van der Waals surface area contributed by atoms with E-state index in [1.54, 1.807) is 0 Å². The number of hydrogen-bond donors (Lipinski definition) is 0. The van der Waals surface area contributed by atoms with E-state index in [1.807, 2.05) is 11.3 Å². The average molecular weight is 1050 g/mol. The van der Waals surface area contributed by atoms with E-state index in [-0.39, 0.29) is 39.3 Å². The summed E-state index contributed by atoms with van der Waals surface area (Å²) < 4.78 is 9.89. The summed E-state index contributed by atoms with van der Waals surface area (Å²) in [5.74, 6) is 0. The summed E-state index contributed by atoms with van der Waals surface area (Å²) in [7, 11) is 0. The van der Waals surface area contributed by atoms with Gasteiger partial charge in [-0.2, -0.15) is 0 Å². The van der Waals surface area contributed by atoms with Crippen LogP contribution in [0.25, 0.3) is 42.1 Å². The molecule has 3 aliphatic carbocycles. The van der Waals surface area contributed by atoms with Gasteiger partial charge in [0.2, 0.25) is 0 Å². The highest BCUT2D eigenvalue weighted by Gasteiger charge is 2.58. The third kappa shape index (κ3) is 6.28. The van der Waals surface area contributed by atoms with E-state index in [2.05, 4.69) is 230 Å². The monoisotopic (exact) mass is 1050 g/mol. The highest BCUT2D eigenvalue weighted by atomic mass is 32.1. The van der Waals surface area contributed by atoms with Crippen molar-refractivity contribution in [1.29, 1.82) is 0 Å². The molecule has 4 nitrogen and oxygen atoms in total. The van der Waals surface area contributed by atoms with Crippen molar-refractivity contribution in [3.05, 3.63) is 173 Å². The fraction of sp³-hybridized carbons (Fsp3) is 0.342. The minimum absolute atomic E-state index is 0.00144. The Morgan fingerprint density at radius 3 is 1.80 bits per heavy atom. The van der Waals surface area contributed by atoms with Crippen LogP contribution < -0.4 is 31.1 Å². The lowest BCUT2D eigenvalue weighted by Crippen LogP contribution is -2.62. The molecule has 1 saturated carbocycles. The highest BCUT2D eigenvalue weighted by molar-refractivity contribution is 7.26. The summed E-state index contributed by atoms with van der Waals surface area (Å²) in [6.07, 6.45) is 9.38. The molecular weight excluding hydrogens is 978 g/mol. The van der Waals surface area contributed by atoms with Gasteiger partial charge in [0.05, 0.1) is 21.6 Å². The summed E-state index contributed by atoms with van der Waals surface area (Å²) >= 11 is 1.98. The van der Waals surface area contributed by atoms with E-state index >= 15 is 0 Å². The number of furan rings is 1. The van der Waals surface area contributed by atoms with Gasteiger partial charge in [-0.25, -0.2) is 0 Å². The standard InChI is InChI=1S/C73H72BN3OS/c1-43-37-50-52(70(6,7)35-33-68(50,2)3)41-58(43)76-61-39-44(77-56-25-15-14-24-49(56)72(10)31-18-19-32-73(72,77)11)38-60-64(61)74(54-30-29-48-46-22-13-17-28-63(46)79-67(48)65(54)76)55-40-51-53(71(8,9)36-34-69(51,4)5)42-59(55)75(60)57-26-20-23-47-45-21-12-16-27-62(45)78-66(47)57/h12-17,20-30,37-42H,18-19,31-36H2,1-11H3. The number of thiophene rings is 1. The van der Waals surface area contributed by atoms with Crippen LogP contribution in [0.15, 0.2) is 144 Å². The lowest BCUT2D eigenvalue weighted by molar-refractivity contribution is 0.195. The van der Waals surface area contributed by atoms with Gasteiger partial charge in [0.25, 0.3) is 6.71 Å². The van der Waals surface area contributed by atoms with Crippen molar-refractivity contribution in [3.63, 3.8) is 0 Å². The second-order valence-corrected chi connectivity index (χ2v) is 29.1. The molecular formula is C73H72BN3OS. The zero-order valence-electron chi connectivity index (χ0n) is 48.2. The van der Waals surface area contributed by atoms with Crippen molar-refractivity contribution in [2.45, 2.75) is 160 Å². The number of hydrogen-bond acceptors (Lipinski definition) is 5. The molecule has 79 heavy (non-hydrogen) atoms. The van der Waals surface area contributed by atoms with Crippen LogP contribution in [-0.4, -0.2) is 12.3 Å². The molecule has 2 unspecified atom stereocenters. The fourth-order valence-corrected chi connectivity index (χ4v) is 18.1. The number of fused-ring (bicyclic) bond motifs is 16. The van der Waals surface area contributed by atoms with Crippen molar-refractivity contribution in [2.24, 2.45) is 0 Å². The van der Waals surface area contributed by atoms with Gasteiger partial charge >= 0.3 is 0 Å². The molecule has 0 amide bonds. The van der Waals surface area contributed by atoms with Gasteiger partial charge in [-0.15, -0.1) is 11.3 Å². The molecule has 16 rings (SSSR count). The Kier molecular flexibility index (Phi) is 9.62. The molecule has 10 aromatic rings. The summed E-state index contributed by atoms with van der Waals surface area (Å²) in [4.78, 5) is 8.33. The van der Waals surface area contributed by atoms with Crippen LogP contribution in [0.3, 0.4) is 0 Å². The zero-order valence-corrected chi connectivity index (χ0v) is 49.0. The molecule has 1 fully saturated rings. The summed E-state index contributed by atoms with van der Waals surface area (Å²) in [6.45, 7) is 27.5. The van der Waals surface area contributed by atoms with Crippen LogP contribution in [-0.2, 0) is 27.1 Å². The lowest BCUT2D eigenvalue weighted by Gasteiger charge is -2.51. The first-order valence-electron chi connectivity index (χ1n) is 29.7. The maximum atomic E-state index is 7.19. The van der Waals surface area contributed by atoms with Crippen molar-refractivity contribution in [1.82, 2.24) is 0 Å². The number of aryl methyl sites for hydroxylation is 1. The van der Waals surface area contributed by atoms with Crippen LogP contribution in [0.5, 0.6) is 0 Å². The predicted octanol–water partition coefficient (Wildman–Crippen LogP) is 18.8. The first kappa shape index (κ1) is 48.2. The Labute approximate surface area is 471 Å². The Morgan fingerprint density at radius 1 is 0.456 bits per heavy atom. The fourth-order valence-electron chi connectivity index (χ4n) is 16.9. The Hall–Kier alpha value is -6.76. The summed E-state index contributed by atoms with van der Waals surface area (Å²) in [5.41, 5.74) is 24.7. The molecule has 6 aliphatic rings. The first-order chi connectivity index (χ1) is 37.8. The minimum atomic E-state index is -0.159. The Morgan fingerprint density at radius 2 is 1.05 bits per heavy atom. The maximum absolute atomic E-state index is 7.19. The van der Waals surface area contributed by atoms with Crippen LogP contribution in [0, 0.1) is 6.92 Å². The van der Waals surface area contributed by atoms with Gasteiger partial charge in [0.15, 0.2) is 5.58 Å². The molecule has 2 atom stereocenters. The van der Waals surface area contributed by atoms with E-state index in [0.717, 1.165) is 53.3 Å². The van der Waals surface area contributed by atoms with Crippen LogP contribution >= 0.6 is 11.3 Å². The summed E-state index contributed by atoms with van der Waals surface area (Å²) in [5, 5.41) is 4.97. The quantitative estimate of drug-likeness (QED) is 0.165. The van der Waals surface area contributed by atoms with Gasteiger partial charge in [0, 0.05) is 65.8 Å². The van der Waals surface area contributed by atoms with E-state index in [0.29, 0.717) is 0 Å². The largest absolute Gasteiger partial charge is 0.454 e.